The van der Waals surface area contributed by atoms with Crippen molar-refractivity contribution in [2.45, 2.75) is 0 Å². The first-order valence-corrected chi connectivity index (χ1v) is 22.4. The summed E-state index contributed by atoms with van der Waals surface area (Å²) >= 11 is 10.4. The standard InChI is InChI=1S/C28H20BrN.C16H13N.C12H8Br2/c29-25-15-10-22(11-16-25)23-12-17-27(18-13-23)30(26-8-2-1-3-9-26)28-19-14-21-6-4-5-7-24(21)20-28;1-2-8-15(9-3-1)17-16-11-10-13-6-4-5-7-14(13)12-16;13-11-5-1-9(2-6-11)10-3-7-12(14)8-4-10/h1-20H;1-12,17H;1-8H. The SMILES string of the molecule is Brc1ccc(-c2ccc(Br)cc2)cc1.Brc1ccc(-c2ccc(N(c3ccccc3)c3ccc4ccccc4c3)cc2)cc1.c1ccc(Nc2ccc3ccccc3c2)cc1. The molecule has 0 aliphatic rings. The van der Waals surface area contributed by atoms with Crippen LogP contribution in [-0.2, 0) is 0 Å². The molecule has 5 heteroatoms. The first-order chi connectivity index (χ1) is 29.9. The Hall–Kier alpha value is -6.24. The van der Waals surface area contributed by atoms with Gasteiger partial charge in [0.05, 0.1) is 0 Å². The van der Waals surface area contributed by atoms with Gasteiger partial charge >= 0.3 is 0 Å². The van der Waals surface area contributed by atoms with Gasteiger partial charge in [-0.2, -0.15) is 0 Å². The van der Waals surface area contributed by atoms with Crippen molar-refractivity contribution < 1.29 is 0 Å². The molecule has 10 rings (SSSR count). The largest absolute Gasteiger partial charge is 0.356 e. The molecule has 10 aromatic rings. The number of nitrogens with zero attached hydrogens (tertiary/aromatic N) is 1. The zero-order chi connectivity index (χ0) is 41.8. The van der Waals surface area contributed by atoms with Gasteiger partial charge in [0, 0.05) is 41.9 Å². The molecule has 0 atom stereocenters. The van der Waals surface area contributed by atoms with Crippen LogP contribution in [0.25, 0.3) is 43.8 Å². The van der Waals surface area contributed by atoms with Gasteiger partial charge in [0.15, 0.2) is 0 Å². The van der Waals surface area contributed by atoms with E-state index in [0.29, 0.717) is 0 Å². The molecule has 0 spiro atoms. The molecule has 0 fully saturated rings. The minimum Gasteiger partial charge on any atom is -0.356 e. The van der Waals surface area contributed by atoms with E-state index in [9.17, 15) is 0 Å². The van der Waals surface area contributed by atoms with Crippen molar-refractivity contribution in [1.82, 2.24) is 0 Å². The number of benzene rings is 10. The van der Waals surface area contributed by atoms with E-state index in [1.165, 1.54) is 43.8 Å². The molecular formula is C56H41Br3N2. The fourth-order valence-corrected chi connectivity index (χ4v) is 7.82. The first kappa shape index (κ1) is 41.5. The van der Waals surface area contributed by atoms with Crippen LogP contribution in [-0.4, -0.2) is 0 Å². The second kappa shape index (κ2) is 20.3. The molecule has 0 saturated heterocycles. The Morgan fingerprint density at radius 2 is 0.623 bits per heavy atom. The average molecular weight is 982 g/mol. The molecule has 0 saturated carbocycles. The third kappa shape index (κ3) is 11.1. The van der Waals surface area contributed by atoms with E-state index < -0.39 is 0 Å². The fraction of sp³-hybridized carbons (Fsp3) is 0. The molecule has 0 aliphatic carbocycles. The maximum absolute atomic E-state index is 3.51. The quantitative estimate of drug-likeness (QED) is 0.171. The van der Waals surface area contributed by atoms with Crippen LogP contribution < -0.4 is 10.2 Å². The number of para-hydroxylation sites is 2. The van der Waals surface area contributed by atoms with Gasteiger partial charge < -0.3 is 10.2 Å². The van der Waals surface area contributed by atoms with Crippen LogP contribution in [0.5, 0.6) is 0 Å². The van der Waals surface area contributed by atoms with Gasteiger partial charge in [0.1, 0.15) is 0 Å². The van der Waals surface area contributed by atoms with Crippen LogP contribution in [0.3, 0.4) is 0 Å². The lowest BCUT2D eigenvalue weighted by Crippen LogP contribution is -2.09. The molecule has 0 unspecified atom stereocenters. The maximum Gasteiger partial charge on any atom is 0.0468 e. The summed E-state index contributed by atoms with van der Waals surface area (Å²) in [5.74, 6) is 0. The van der Waals surface area contributed by atoms with Crippen molar-refractivity contribution in [3.8, 4) is 22.3 Å². The Morgan fingerprint density at radius 3 is 1.11 bits per heavy atom. The number of anilines is 5. The van der Waals surface area contributed by atoms with Crippen molar-refractivity contribution in [1.29, 1.82) is 0 Å². The highest BCUT2D eigenvalue weighted by molar-refractivity contribution is 9.11. The number of nitrogens with one attached hydrogen (secondary N) is 1. The Morgan fingerprint density at radius 1 is 0.262 bits per heavy atom. The Kier molecular flexibility index (Phi) is 13.8. The van der Waals surface area contributed by atoms with E-state index in [0.717, 1.165) is 41.9 Å². The normalized spacial score (nSPS) is 10.5. The third-order valence-corrected chi connectivity index (χ3v) is 11.7. The molecule has 0 bridgehead atoms. The van der Waals surface area contributed by atoms with Crippen LogP contribution in [0.2, 0.25) is 0 Å². The number of hydrogen-bond donors (Lipinski definition) is 1. The smallest absolute Gasteiger partial charge is 0.0468 e. The maximum atomic E-state index is 3.51. The lowest BCUT2D eigenvalue weighted by molar-refractivity contribution is 1.29. The van der Waals surface area contributed by atoms with E-state index >= 15 is 0 Å². The molecule has 0 radical (unpaired) electrons. The molecule has 0 aromatic heterocycles. The number of rotatable bonds is 7. The second-order valence-electron chi connectivity index (χ2n) is 14.3. The summed E-state index contributed by atoms with van der Waals surface area (Å²) in [5, 5.41) is 8.41. The van der Waals surface area contributed by atoms with E-state index in [1.54, 1.807) is 0 Å². The Balaban J connectivity index is 0.000000140. The Labute approximate surface area is 383 Å². The summed E-state index contributed by atoms with van der Waals surface area (Å²) in [4.78, 5) is 2.30. The van der Waals surface area contributed by atoms with Crippen LogP contribution >= 0.6 is 47.8 Å². The summed E-state index contributed by atoms with van der Waals surface area (Å²) in [5.41, 5.74) is 10.6. The summed E-state index contributed by atoms with van der Waals surface area (Å²) in [6, 6.07) is 84.5. The molecular weight excluding hydrogens is 940 g/mol. The Bertz CT molecular complexity index is 2890. The van der Waals surface area contributed by atoms with Crippen molar-refractivity contribution in [3.05, 3.63) is 256 Å². The first-order valence-electron chi connectivity index (χ1n) is 20.0. The molecule has 296 valence electrons. The van der Waals surface area contributed by atoms with E-state index in [2.05, 4.69) is 282 Å². The van der Waals surface area contributed by atoms with Crippen molar-refractivity contribution in [3.63, 3.8) is 0 Å². The summed E-state index contributed by atoms with van der Waals surface area (Å²) in [7, 11) is 0. The minimum absolute atomic E-state index is 1.09. The minimum atomic E-state index is 1.09. The third-order valence-electron chi connectivity index (χ3n) is 10.1. The highest BCUT2D eigenvalue weighted by atomic mass is 79.9. The lowest BCUT2D eigenvalue weighted by Gasteiger charge is -2.26. The highest BCUT2D eigenvalue weighted by Crippen LogP contribution is 2.37. The van der Waals surface area contributed by atoms with Gasteiger partial charge in [0.2, 0.25) is 0 Å². The molecule has 0 amide bonds. The van der Waals surface area contributed by atoms with Gasteiger partial charge in [0.25, 0.3) is 0 Å². The zero-order valence-corrected chi connectivity index (χ0v) is 37.9. The van der Waals surface area contributed by atoms with E-state index in [4.69, 9.17) is 0 Å². The van der Waals surface area contributed by atoms with Crippen molar-refractivity contribution >= 4 is 97.8 Å². The van der Waals surface area contributed by atoms with Gasteiger partial charge in [-0.15, -0.1) is 0 Å². The van der Waals surface area contributed by atoms with Crippen LogP contribution in [0.15, 0.2) is 256 Å². The molecule has 0 heterocycles. The van der Waals surface area contributed by atoms with Crippen molar-refractivity contribution in [2.75, 3.05) is 10.2 Å². The van der Waals surface area contributed by atoms with Gasteiger partial charge in [-0.25, -0.2) is 0 Å². The summed E-state index contributed by atoms with van der Waals surface area (Å²) in [6.07, 6.45) is 0. The predicted octanol–water partition coefficient (Wildman–Crippen LogP) is 18.2. The van der Waals surface area contributed by atoms with E-state index in [-0.39, 0.29) is 0 Å². The average Bonchev–Trinajstić information content (AvgIpc) is 3.31. The molecule has 1 N–H and O–H groups in total. The van der Waals surface area contributed by atoms with Crippen LogP contribution in [0, 0.1) is 0 Å². The van der Waals surface area contributed by atoms with Gasteiger partial charge in [-0.3, -0.25) is 0 Å². The van der Waals surface area contributed by atoms with E-state index in [1.807, 2.05) is 18.2 Å². The lowest BCUT2D eigenvalue weighted by atomic mass is 10.0. The van der Waals surface area contributed by atoms with Crippen LogP contribution in [0.1, 0.15) is 0 Å². The zero-order valence-electron chi connectivity index (χ0n) is 33.2. The van der Waals surface area contributed by atoms with Gasteiger partial charge in [-0.1, -0.05) is 193 Å². The summed E-state index contributed by atoms with van der Waals surface area (Å²) in [6.45, 7) is 0. The topological polar surface area (TPSA) is 15.3 Å². The van der Waals surface area contributed by atoms with Gasteiger partial charge in [-0.05, 0) is 141 Å². The molecule has 0 aliphatic heterocycles. The van der Waals surface area contributed by atoms with Crippen LogP contribution in [0.4, 0.5) is 28.4 Å². The number of fused-ring (bicyclic) bond motifs is 2. The molecule has 61 heavy (non-hydrogen) atoms. The van der Waals surface area contributed by atoms with Crippen molar-refractivity contribution in [2.24, 2.45) is 0 Å². The highest BCUT2D eigenvalue weighted by Gasteiger charge is 2.13. The number of hydrogen-bond acceptors (Lipinski definition) is 2. The molecule has 10 aromatic carbocycles. The number of halogens is 3. The summed E-state index contributed by atoms with van der Waals surface area (Å²) < 4.78 is 3.31. The fourth-order valence-electron chi connectivity index (χ4n) is 7.03. The molecule has 2 nitrogen and oxygen atoms in total. The predicted molar refractivity (Wildman–Crippen MR) is 273 cm³/mol. The second-order valence-corrected chi connectivity index (χ2v) is 17.1. The monoisotopic (exact) mass is 978 g/mol.